The van der Waals surface area contributed by atoms with Gasteiger partial charge in [0.05, 0.1) is 16.1 Å². The molecule has 1 aromatic rings. The van der Waals surface area contributed by atoms with E-state index in [1.807, 2.05) is 0 Å². The van der Waals surface area contributed by atoms with Crippen molar-refractivity contribution < 1.29 is 14.3 Å². The summed E-state index contributed by atoms with van der Waals surface area (Å²) in [6.45, 7) is 1.09. The highest BCUT2D eigenvalue weighted by Gasteiger charge is 2.17. The summed E-state index contributed by atoms with van der Waals surface area (Å²) in [5, 5.41) is 3.70. The van der Waals surface area contributed by atoms with Gasteiger partial charge in [-0.15, -0.1) is 0 Å². The lowest BCUT2D eigenvalue weighted by Gasteiger charge is -2.12. The monoisotopic (exact) mass is 337 g/mol. The van der Waals surface area contributed by atoms with Crippen LogP contribution in [0.3, 0.4) is 0 Å². The number of carbonyl (C=O) groups is 1. The summed E-state index contributed by atoms with van der Waals surface area (Å²) in [7, 11) is 0. The molecule has 1 aromatic carbocycles. The van der Waals surface area contributed by atoms with Gasteiger partial charge in [0.1, 0.15) is 0 Å². The predicted octanol–water partition coefficient (Wildman–Crippen LogP) is 3.32. The summed E-state index contributed by atoms with van der Waals surface area (Å²) in [6, 6.07) is 3.02. The minimum absolute atomic E-state index is 0.0988. The van der Waals surface area contributed by atoms with Crippen molar-refractivity contribution in [2.45, 2.75) is 18.9 Å². The molecule has 2 rings (SSSR count). The first-order valence-electron chi connectivity index (χ1n) is 6.22. The van der Waals surface area contributed by atoms with Gasteiger partial charge in [-0.25, -0.2) is 0 Å². The van der Waals surface area contributed by atoms with Gasteiger partial charge in [0, 0.05) is 18.2 Å². The minimum Gasteiger partial charge on any atom is -0.481 e. The Bertz CT molecular complexity index is 467. The Balaban J connectivity index is 1.81. The van der Waals surface area contributed by atoms with Crippen molar-refractivity contribution in [3.8, 4) is 5.75 Å². The van der Waals surface area contributed by atoms with Crippen LogP contribution in [-0.4, -0.2) is 31.8 Å². The first-order valence-corrected chi connectivity index (χ1v) is 7.35. The summed E-state index contributed by atoms with van der Waals surface area (Å²) in [5.41, 5.74) is 0. The van der Waals surface area contributed by atoms with Gasteiger partial charge in [-0.2, -0.15) is 0 Å². The van der Waals surface area contributed by atoms with Crippen molar-refractivity contribution in [1.82, 2.24) is 5.32 Å². The van der Waals surface area contributed by atoms with Gasteiger partial charge in [-0.3, -0.25) is 4.79 Å². The Morgan fingerprint density at radius 2 is 2.05 bits per heavy atom. The van der Waals surface area contributed by atoms with Gasteiger partial charge in [0.15, 0.2) is 12.4 Å². The molecule has 1 N–H and O–H groups in total. The van der Waals surface area contributed by atoms with Crippen molar-refractivity contribution in [2.24, 2.45) is 0 Å². The van der Waals surface area contributed by atoms with Crippen LogP contribution in [0, 0.1) is 0 Å². The smallest absolute Gasteiger partial charge is 0.258 e. The van der Waals surface area contributed by atoms with Gasteiger partial charge < -0.3 is 14.8 Å². The number of halogens is 3. The lowest BCUT2D eigenvalue weighted by molar-refractivity contribution is -0.123. The maximum Gasteiger partial charge on any atom is 0.258 e. The molecule has 0 radical (unpaired) electrons. The fourth-order valence-electron chi connectivity index (χ4n) is 1.89. The van der Waals surface area contributed by atoms with Crippen LogP contribution >= 0.6 is 34.8 Å². The molecule has 110 valence electrons. The molecule has 20 heavy (non-hydrogen) atoms. The fraction of sp³-hybridized carbons (Fsp3) is 0.462. The van der Waals surface area contributed by atoms with Crippen LogP contribution in [0.2, 0.25) is 15.1 Å². The Morgan fingerprint density at radius 1 is 1.35 bits per heavy atom. The van der Waals surface area contributed by atoms with E-state index in [0.717, 1.165) is 19.4 Å². The number of ether oxygens (including phenoxy) is 2. The maximum absolute atomic E-state index is 11.7. The topological polar surface area (TPSA) is 47.6 Å². The summed E-state index contributed by atoms with van der Waals surface area (Å²) < 4.78 is 10.7. The molecule has 1 unspecified atom stereocenters. The van der Waals surface area contributed by atoms with E-state index in [-0.39, 0.29) is 34.4 Å². The predicted molar refractivity (Wildman–Crippen MR) is 79.0 cm³/mol. The minimum atomic E-state index is -0.248. The largest absolute Gasteiger partial charge is 0.481 e. The molecule has 1 atom stereocenters. The van der Waals surface area contributed by atoms with Gasteiger partial charge in [0.2, 0.25) is 0 Å². The van der Waals surface area contributed by atoms with E-state index in [1.165, 1.54) is 12.1 Å². The van der Waals surface area contributed by atoms with Crippen LogP contribution in [0.25, 0.3) is 0 Å². The van der Waals surface area contributed by atoms with Crippen molar-refractivity contribution in [2.75, 3.05) is 19.8 Å². The van der Waals surface area contributed by atoms with Crippen LogP contribution in [0.1, 0.15) is 12.8 Å². The number of hydrogen-bond acceptors (Lipinski definition) is 3. The molecule has 1 aliphatic heterocycles. The summed E-state index contributed by atoms with van der Waals surface area (Å²) in [4.78, 5) is 11.7. The number of carbonyl (C=O) groups excluding carboxylic acids is 1. The molecular weight excluding hydrogens is 325 g/mol. The molecule has 1 heterocycles. The lowest BCUT2D eigenvalue weighted by Crippen LogP contribution is -2.35. The molecule has 1 saturated heterocycles. The van der Waals surface area contributed by atoms with Gasteiger partial charge in [-0.05, 0) is 25.0 Å². The molecule has 1 amide bonds. The highest BCUT2D eigenvalue weighted by molar-refractivity contribution is 6.40. The molecule has 0 saturated carbocycles. The third-order valence-corrected chi connectivity index (χ3v) is 3.64. The SMILES string of the molecule is O=C(COc1c(Cl)cc(Cl)cc1Cl)NCC1CCCO1. The van der Waals surface area contributed by atoms with E-state index < -0.39 is 0 Å². The fourth-order valence-corrected chi connectivity index (χ4v) is 2.81. The van der Waals surface area contributed by atoms with Gasteiger partial charge in [-0.1, -0.05) is 34.8 Å². The third-order valence-electron chi connectivity index (χ3n) is 2.86. The second kappa shape index (κ2) is 7.36. The standard InChI is InChI=1S/C13H14Cl3NO3/c14-8-4-10(15)13(11(16)5-8)20-7-12(18)17-6-9-2-1-3-19-9/h4-5,9H,1-3,6-7H2,(H,17,18). The summed E-state index contributed by atoms with van der Waals surface area (Å²) in [6.07, 6.45) is 2.10. The second-order valence-corrected chi connectivity index (χ2v) is 5.68. The Hall–Kier alpha value is -0.680. The summed E-state index contributed by atoms with van der Waals surface area (Å²) >= 11 is 17.7. The molecule has 7 heteroatoms. The molecule has 4 nitrogen and oxygen atoms in total. The highest BCUT2D eigenvalue weighted by atomic mass is 35.5. The Morgan fingerprint density at radius 3 is 2.65 bits per heavy atom. The molecule has 0 aromatic heterocycles. The zero-order valence-electron chi connectivity index (χ0n) is 10.6. The van der Waals surface area contributed by atoms with Crippen LogP contribution in [0.4, 0.5) is 0 Å². The van der Waals surface area contributed by atoms with Crippen LogP contribution in [0.15, 0.2) is 12.1 Å². The number of amides is 1. The van der Waals surface area contributed by atoms with E-state index in [9.17, 15) is 4.79 Å². The zero-order chi connectivity index (χ0) is 14.5. The van der Waals surface area contributed by atoms with E-state index in [2.05, 4.69) is 5.32 Å². The van der Waals surface area contributed by atoms with Gasteiger partial charge >= 0.3 is 0 Å². The van der Waals surface area contributed by atoms with Crippen molar-refractivity contribution in [1.29, 1.82) is 0 Å². The van der Waals surface area contributed by atoms with E-state index in [0.29, 0.717) is 11.6 Å². The Kier molecular flexibility index (Phi) is 5.78. The first-order chi connectivity index (χ1) is 9.56. The quantitative estimate of drug-likeness (QED) is 0.896. The number of hydrogen-bond donors (Lipinski definition) is 1. The van der Waals surface area contributed by atoms with E-state index in [4.69, 9.17) is 44.3 Å². The average Bonchev–Trinajstić information content (AvgIpc) is 2.88. The normalized spacial score (nSPS) is 18.1. The second-order valence-electron chi connectivity index (χ2n) is 4.43. The molecule has 0 aliphatic carbocycles. The summed E-state index contributed by atoms with van der Waals surface area (Å²) in [5.74, 6) is 0.00702. The van der Waals surface area contributed by atoms with Crippen molar-refractivity contribution in [3.05, 3.63) is 27.2 Å². The molecule has 1 aliphatic rings. The van der Waals surface area contributed by atoms with E-state index in [1.54, 1.807) is 0 Å². The van der Waals surface area contributed by atoms with Gasteiger partial charge in [0.25, 0.3) is 5.91 Å². The number of nitrogens with one attached hydrogen (secondary N) is 1. The van der Waals surface area contributed by atoms with Crippen LogP contribution < -0.4 is 10.1 Å². The van der Waals surface area contributed by atoms with Crippen molar-refractivity contribution >= 4 is 40.7 Å². The van der Waals surface area contributed by atoms with Crippen molar-refractivity contribution in [3.63, 3.8) is 0 Å². The number of benzene rings is 1. The molecule has 0 spiro atoms. The highest BCUT2D eigenvalue weighted by Crippen LogP contribution is 2.35. The van der Waals surface area contributed by atoms with Crippen LogP contribution in [0.5, 0.6) is 5.75 Å². The molecule has 0 bridgehead atoms. The van der Waals surface area contributed by atoms with Crippen LogP contribution in [-0.2, 0) is 9.53 Å². The zero-order valence-corrected chi connectivity index (χ0v) is 12.9. The molecular formula is C13H14Cl3NO3. The Labute approximate surface area is 132 Å². The van der Waals surface area contributed by atoms with E-state index >= 15 is 0 Å². The number of rotatable bonds is 5. The average molecular weight is 339 g/mol. The third kappa shape index (κ3) is 4.42. The maximum atomic E-state index is 11.7. The molecule has 1 fully saturated rings. The first kappa shape index (κ1) is 15.7. The lowest BCUT2D eigenvalue weighted by atomic mass is 10.2.